The number of methoxy groups -OCH3 is 1. The number of ether oxygens (including phenoxy) is 2. The summed E-state index contributed by atoms with van der Waals surface area (Å²) in [6.07, 6.45) is 1.04. The third kappa shape index (κ3) is 7.10. The number of hydrazone groups is 1. The molecule has 0 spiro atoms. The van der Waals surface area contributed by atoms with Gasteiger partial charge in [0.1, 0.15) is 6.04 Å². The Kier molecular flexibility index (Phi) is 8.37. The molecule has 2 rings (SSSR count). The van der Waals surface area contributed by atoms with Gasteiger partial charge in [0.05, 0.1) is 25.5 Å². The fourth-order valence-corrected chi connectivity index (χ4v) is 2.45. The maximum absolute atomic E-state index is 12.5. The lowest BCUT2D eigenvalue weighted by molar-refractivity contribution is -0.123. The number of rotatable bonds is 8. The number of hydrogen-bond donors (Lipinski definition) is 2. The van der Waals surface area contributed by atoms with Gasteiger partial charge >= 0.3 is 12.1 Å². The Morgan fingerprint density at radius 2 is 1.76 bits per heavy atom. The SMILES string of the molecule is CCOC(=O)N[C@@H](Cc1ccccc1)C(=O)N/N=C\c1ccc(C(=O)OC)cc1. The molecule has 152 valence electrons. The van der Waals surface area contributed by atoms with Crippen molar-refractivity contribution in [1.29, 1.82) is 0 Å². The molecule has 1 atom stereocenters. The van der Waals surface area contributed by atoms with Crippen molar-refractivity contribution in [2.24, 2.45) is 5.10 Å². The second kappa shape index (κ2) is 11.2. The number of carbonyl (C=O) groups is 3. The highest BCUT2D eigenvalue weighted by molar-refractivity contribution is 5.91. The van der Waals surface area contributed by atoms with E-state index >= 15 is 0 Å². The largest absolute Gasteiger partial charge is 0.465 e. The maximum Gasteiger partial charge on any atom is 0.407 e. The van der Waals surface area contributed by atoms with Gasteiger partial charge in [0, 0.05) is 6.42 Å². The number of benzene rings is 2. The second-order valence-electron chi connectivity index (χ2n) is 5.95. The molecule has 0 unspecified atom stereocenters. The van der Waals surface area contributed by atoms with Gasteiger partial charge in [0.15, 0.2) is 0 Å². The van der Waals surface area contributed by atoms with Crippen molar-refractivity contribution >= 4 is 24.2 Å². The molecular weight excluding hydrogens is 374 g/mol. The second-order valence-corrected chi connectivity index (χ2v) is 5.95. The first-order chi connectivity index (χ1) is 14.0. The Bertz CT molecular complexity index is 850. The van der Waals surface area contributed by atoms with Crippen LogP contribution < -0.4 is 10.7 Å². The average molecular weight is 397 g/mol. The third-order valence-electron chi connectivity index (χ3n) is 3.89. The summed E-state index contributed by atoms with van der Waals surface area (Å²) in [6.45, 7) is 1.88. The molecule has 0 aromatic heterocycles. The van der Waals surface area contributed by atoms with Crippen molar-refractivity contribution in [1.82, 2.24) is 10.7 Å². The van der Waals surface area contributed by atoms with Gasteiger partial charge in [0.2, 0.25) is 0 Å². The summed E-state index contributed by atoms with van der Waals surface area (Å²) in [7, 11) is 1.31. The Morgan fingerprint density at radius 1 is 1.07 bits per heavy atom. The van der Waals surface area contributed by atoms with Gasteiger partial charge in [0.25, 0.3) is 5.91 Å². The van der Waals surface area contributed by atoms with Crippen LogP contribution in [0.3, 0.4) is 0 Å². The predicted octanol–water partition coefficient (Wildman–Crippen LogP) is 2.28. The van der Waals surface area contributed by atoms with Gasteiger partial charge in [-0.25, -0.2) is 15.0 Å². The minimum Gasteiger partial charge on any atom is -0.465 e. The van der Waals surface area contributed by atoms with Crippen LogP contribution in [-0.2, 0) is 20.7 Å². The first-order valence-corrected chi connectivity index (χ1v) is 9.02. The van der Waals surface area contributed by atoms with E-state index in [0.717, 1.165) is 5.56 Å². The third-order valence-corrected chi connectivity index (χ3v) is 3.89. The zero-order chi connectivity index (χ0) is 21.1. The van der Waals surface area contributed by atoms with Crippen molar-refractivity contribution < 1.29 is 23.9 Å². The molecule has 2 N–H and O–H groups in total. The summed E-state index contributed by atoms with van der Waals surface area (Å²) in [5.74, 6) is -0.917. The molecule has 0 aliphatic carbocycles. The molecule has 8 heteroatoms. The van der Waals surface area contributed by atoms with E-state index in [1.54, 1.807) is 31.2 Å². The van der Waals surface area contributed by atoms with E-state index in [0.29, 0.717) is 11.1 Å². The number of nitrogens with one attached hydrogen (secondary N) is 2. The number of carbonyl (C=O) groups excluding carboxylic acids is 3. The van der Waals surface area contributed by atoms with Gasteiger partial charge in [-0.2, -0.15) is 5.10 Å². The van der Waals surface area contributed by atoms with Crippen molar-refractivity contribution in [3.63, 3.8) is 0 Å². The van der Waals surface area contributed by atoms with Gasteiger partial charge < -0.3 is 14.8 Å². The fraction of sp³-hybridized carbons (Fsp3) is 0.238. The molecule has 0 aliphatic rings. The van der Waals surface area contributed by atoms with E-state index in [1.165, 1.54) is 13.3 Å². The molecular formula is C21H23N3O5. The molecule has 0 bridgehead atoms. The summed E-state index contributed by atoms with van der Waals surface area (Å²) in [5, 5.41) is 6.46. The van der Waals surface area contributed by atoms with Crippen molar-refractivity contribution in [2.45, 2.75) is 19.4 Å². The molecule has 0 heterocycles. The highest BCUT2D eigenvalue weighted by Crippen LogP contribution is 2.05. The van der Waals surface area contributed by atoms with E-state index in [2.05, 4.69) is 20.6 Å². The van der Waals surface area contributed by atoms with Crippen LogP contribution >= 0.6 is 0 Å². The molecule has 2 aromatic rings. The molecule has 2 aromatic carbocycles. The minimum atomic E-state index is -0.852. The summed E-state index contributed by atoms with van der Waals surface area (Å²) >= 11 is 0. The fourth-order valence-electron chi connectivity index (χ4n) is 2.45. The van der Waals surface area contributed by atoms with E-state index < -0.39 is 24.0 Å². The number of esters is 1. The Hall–Kier alpha value is -3.68. The molecule has 0 fully saturated rings. The van der Waals surface area contributed by atoms with E-state index in [4.69, 9.17) is 4.74 Å². The molecule has 2 amide bonds. The highest BCUT2D eigenvalue weighted by Gasteiger charge is 2.21. The summed E-state index contributed by atoms with van der Waals surface area (Å²) in [6, 6.07) is 15.0. The summed E-state index contributed by atoms with van der Waals surface area (Å²) in [4.78, 5) is 35.7. The normalized spacial score (nSPS) is 11.5. The van der Waals surface area contributed by atoms with Crippen LogP contribution in [0.15, 0.2) is 59.7 Å². The van der Waals surface area contributed by atoms with Crippen LogP contribution in [-0.4, -0.2) is 43.9 Å². The predicted molar refractivity (Wildman–Crippen MR) is 108 cm³/mol. The smallest absolute Gasteiger partial charge is 0.407 e. The number of amides is 2. The van der Waals surface area contributed by atoms with Crippen LogP contribution in [0.4, 0.5) is 4.79 Å². The van der Waals surface area contributed by atoms with Crippen LogP contribution in [0.2, 0.25) is 0 Å². The lowest BCUT2D eigenvalue weighted by Crippen LogP contribution is -2.47. The van der Waals surface area contributed by atoms with Gasteiger partial charge in [-0.3, -0.25) is 4.79 Å². The molecule has 29 heavy (non-hydrogen) atoms. The maximum atomic E-state index is 12.5. The zero-order valence-corrected chi connectivity index (χ0v) is 16.3. The monoisotopic (exact) mass is 397 g/mol. The van der Waals surface area contributed by atoms with E-state index in [1.807, 2.05) is 30.3 Å². The average Bonchev–Trinajstić information content (AvgIpc) is 2.74. The quantitative estimate of drug-likeness (QED) is 0.404. The van der Waals surface area contributed by atoms with E-state index in [-0.39, 0.29) is 13.0 Å². The number of alkyl carbamates (subject to hydrolysis) is 1. The summed E-state index contributed by atoms with van der Waals surface area (Å²) in [5.41, 5.74) is 4.39. The standard InChI is InChI=1S/C21H23N3O5/c1-3-29-21(27)23-18(13-15-7-5-4-6-8-15)19(25)24-22-14-16-9-11-17(12-10-16)20(26)28-2/h4-12,14,18H,3,13H2,1-2H3,(H,23,27)(H,24,25)/b22-14-/t18-/m0/s1. The summed E-state index contributed by atoms with van der Waals surface area (Å²) < 4.78 is 9.51. The molecule has 0 aliphatic heterocycles. The zero-order valence-electron chi connectivity index (χ0n) is 16.3. The van der Waals surface area contributed by atoms with Crippen molar-refractivity contribution in [3.8, 4) is 0 Å². The molecule has 0 saturated heterocycles. The van der Waals surface area contributed by atoms with Gasteiger partial charge in [-0.15, -0.1) is 0 Å². The highest BCUT2D eigenvalue weighted by atomic mass is 16.5. The number of nitrogens with zero attached hydrogens (tertiary/aromatic N) is 1. The molecule has 8 nitrogen and oxygen atoms in total. The first kappa shape index (κ1) is 21.6. The van der Waals surface area contributed by atoms with Crippen molar-refractivity contribution in [3.05, 3.63) is 71.3 Å². The lowest BCUT2D eigenvalue weighted by Gasteiger charge is -2.16. The van der Waals surface area contributed by atoms with Crippen LogP contribution in [0.5, 0.6) is 0 Å². The Balaban J connectivity index is 2.01. The number of hydrogen-bond acceptors (Lipinski definition) is 6. The van der Waals surface area contributed by atoms with Crippen molar-refractivity contribution in [2.75, 3.05) is 13.7 Å². The van der Waals surface area contributed by atoms with Crippen LogP contribution in [0.1, 0.15) is 28.4 Å². The van der Waals surface area contributed by atoms with E-state index in [9.17, 15) is 14.4 Å². The minimum absolute atomic E-state index is 0.200. The molecule has 0 radical (unpaired) electrons. The van der Waals surface area contributed by atoms with Gasteiger partial charge in [-0.05, 0) is 30.2 Å². The van der Waals surface area contributed by atoms with Crippen LogP contribution in [0, 0.1) is 0 Å². The first-order valence-electron chi connectivity index (χ1n) is 9.02. The van der Waals surface area contributed by atoms with Gasteiger partial charge in [-0.1, -0.05) is 42.5 Å². The lowest BCUT2D eigenvalue weighted by atomic mass is 10.1. The topological polar surface area (TPSA) is 106 Å². The van der Waals surface area contributed by atoms with Crippen LogP contribution in [0.25, 0.3) is 0 Å². The Morgan fingerprint density at radius 3 is 2.38 bits per heavy atom. The Labute approximate surface area is 168 Å². The molecule has 0 saturated carbocycles.